The minimum Gasteiger partial charge on any atom is -0.309 e. The molecule has 0 atom stereocenters. The molecule has 0 aliphatic heterocycles. The van der Waals surface area contributed by atoms with Crippen LogP contribution >= 0.6 is 11.3 Å². The van der Waals surface area contributed by atoms with Crippen molar-refractivity contribution in [1.29, 1.82) is 0 Å². The SMILES string of the molecule is c1ccc(-c2c(-c3ccccc3)c3cc(-c4ccc(N(c5cccc6c5ccc5ccccc56)c5cccc6sc7ccccc7c56)cc4)ccc3c3ccccc23)cc1. The molecule has 0 fully saturated rings. The lowest BCUT2D eigenvalue weighted by Crippen LogP contribution is -2.11. The number of fused-ring (bicyclic) bond motifs is 9. The highest BCUT2D eigenvalue weighted by molar-refractivity contribution is 7.26. The van der Waals surface area contributed by atoms with Crippen LogP contribution in [0.2, 0.25) is 0 Å². The third-order valence-electron chi connectivity index (χ3n) is 12.2. The van der Waals surface area contributed by atoms with Crippen molar-refractivity contribution in [2.45, 2.75) is 0 Å². The first-order valence-corrected chi connectivity index (χ1v) is 21.4. The average molecular weight is 780 g/mol. The maximum atomic E-state index is 2.48. The third kappa shape index (κ3) is 5.53. The first kappa shape index (κ1) is 34.5. The number of thiophene rings is 1. The molecule has 280 valence electrons. The molecule has 0 spiro atoms. The lowest BCUT2D eigenvalue weighted by Gasteiger charge is -2.28. The smallest absolute Gasteiger partial charge is 0.0555 e. The Morgan fingerprint density at radius 2 is 0.817 bits per heavy atom. The maximum absolute atomic E-state index is 2.48. The Morgan fingerprint density at radius 1 is 0.283 bits per heavy atom. The zero-order valence-corrected chi connectivity index (χ0v) is 33.5. The largest absolute Gasteiger partial charge is 0.309 e. The van der Waals surface area contributed by atoms with E-state index in [-0.39, 0.29) is 0 Å². The van der Waals surface area contributed by atoms with Gasteiger partial charge in [0.1, 0.15) is 0 Å². The summed E-state index contributed by atoms with van der Waals surface area (Å²) in [5, 5.41) is 12.6. The maximum Gasteiger partial charge on any atom is 0.0555 e. The Hall–Kier alpha value is -7.52. The molecule has 2 heteroatoms. The number of benzene rings is 11. The van der Waals surface area contributed by atoms with Crippen LogP contribution in [0.3, 0.4) is 0 Å². The molecule has 60 heavy (non-hydrogen) atoms. The second kappa shape index (κ2) is 14.1. The zero-order valence-electron chi connectivity index (χ0n) is 32.7. The highest BCUT2D eigenvalue weighted by atomic mass is 32.1. The average Bonchev–Trinajstić information content (AvgIpc) is 3.71. The molecule has 11 aromatic carbocycles. The molecule has 0 aliphatic rings. The first-order valence-electron chi connectivity index (χ1n) is 20.6. The van der Waals surface area contributed by atoms with E-state index in [2.05, 4.69) is 229 Å². The minimum absolute atomic E-state index is 1.12. The van der Waals surface area contributed by atoms with Crippen LogP contribution in [0, 0.1) is 0 Å². The van der Waals surface area contributed by atoms with Gasteiger partial charge in [-0.15, -0.1) is 11.3 Å². The molecule has 0 saturated heterocycles. The van der Waals surface area contributed by atoms with Gasteiger partial charge in [-0.2, -0.15) is 0 Å². The van der Waals surface area contributed by atoms with Crippen LogP contribution in [0.15, 0.2) is 224 Å². The van der Waals surface area contributed by atoms with Crippen molar-refractivity contribution in [1.82, 2.24) is 0 Å². The molecule has 0 unspecified atom stereocenters. The van der Waals surface area contributed by atoms with Gasteiger partial charge >= 0.3 is 0 Å². The fourth-order valence-electron chi connectivity index (χ4n) is 9.55. The van der Waals surface area contributed by atoms with Gasteiger partial charge in [-0.3, -0.25) is 0 Å². The van der Waals surface area contributed by atoms with Crippen LogP contribution in [0.1, 0.15) is 0 Å². The fourth-order valence-corrected chi connectivity index (χ4v) is 10.7. The Morgan fingerprint density at radius 3 is 1.60 bits per heavy atom. The van der Waals surface area contributed by atoms with Gasteiger partial charge in [0.25, 0.3) is 0 Å². The summed E-state index contributed by atoms with van der Waals surface area (Å²) in [4.78, 5) is 2.48. The van der Waals surface area contributed by atoms with Crippen molar-refractivity contribution >= 4 is 91.7 Å². The van der Waals surface area contributed by atoms with Gasteiger partial charge < -0.3 is 4.90 Å². The molecule has 1 aromatic heterocycles. The predicted octanol–water partition coefficient (Wildman–Crippen LogP) is 17.1. The van der Waals surface area contributed by atoms with Gasteiger partial charge in [-0.05, 0) is 114 Å². The molecule has 1 heterocycles. The molecule has 0 radical (unpaired) electrons. The molecule has 0 aliphatic carbocycles. The molecule has 0 amide bonds. The van der Waals surface area contributed by atoms with Gasteiger partial charge in [0, 0.05) is 31.2 Å². The zero-order chi connectivity index (χ0) is 39.6. The van der Waals surface area contributed by atoms with E-state index in [1.54, 1.807) is 0 Å². The van der Waals surface area contributed by atoms with Crippen molar-refractivity contribution in [2.24, 2.45) is 0 Å². The molecule has 12 rings (SSSR count). The van der Waals surface area contributed by atoms with Gasteiger partial charge in [0.2, 0.25) is 0 Å². The van der Waals surface area contributed by atoms with E-state index in [0.717, 1.165) is 11.4 Å². The first-order chi connectivity index (χ1) is 29.8. The number of hydrogen-bond donors (Lipinski definition) is 0. The van der Waals surface area contributed by atoms with Crippen molar-refractivity contribution in [3.8, 4) is 33.4 Å². The topological polar surface area (TPSA) is 3.24 Å². The molecule has 0 saturated carbocycles. The highest BCUT2D eigenvalue weighted by Crippen LogP contribution is 2.48. The van der Waals surface area contributed by atoms with E-state index in [1.807, 2.05) is 11.3 Å². The quantitative estimate of drug-likeness (QED) is 0.152. The molecule has 0 N–H and O–H groups in total. The van der Waals surface area contributed by atoms with Gasteiger partial charge in [-0.25, -0.2) is 0 Å². The molecular formula is C58H37NS. The van der Waals surface area contributed by atoms with Crippen molar-refractivity contribution in [3.63, 3.8) is 0 Å². The number of rotatable bonds is 6. The normalized spacial score (nSPS) is 11.7. The summed E-state index contributed by atoms with van der Waals surface area (Å²) in [5.41, 5.74) is 10.8. The number of hydrogen-bond acceptors (Lipinski definition) is 2. The van der Waals surface area contributed by atoms with E-state index < -0.39 is 0 Å². The van der Waals surface area contributed by atoms with Crippen LogP contribution in [0.4, 0.5) is 17.1 Å². The summed E-state index contributed by atoms with van der Waals surface area (Å²) in [5.74, 6) is 0. The molecular weight excluding hydrogens is 743 g/mol. The predicted molar refractivity (Wildman–Crippen MR) is 260 cm³/mol. The van der Waals surface area contributed by atoms with Crippen LogP contribution in [0.25, 0.3) is 96.6 Å². The Balaban J connectivity index is 1.07. The molecule has 12 aromatic rings. The Labute approximate surface area is 352 Å². The highest BCUT2D eigenvalue weighted by Gasteiger charge is 2.22. The van der Waals surface area contributed by atoms with E-state index >= 15 is 0 Å². The fraction of sp³-hybridized carbons (Fsp3) is 0. The van der Waals surface area contributed by atoms with Crippen molar-refractivity contribution < 1.29 is 0 Å². The van der Waals surface area contributed by atoms with Crippen LogP contribution < -0.4 is 4.90 Å². The van der Waals surface area contributed by atoms with Gasteiger partial charge in [-0.1, -0.05) is 182 Å². The summed E-state index contributed by atoms with van der Waals surface area (Å²) in [6.07, 6.45) is 0. The standard InChI is InChI=1S/C58H37NS/c1-3-16-40(17-4-1)56-49-22-10-9-21-46(49)47-35-32-42(37-51(47)57(56)41-18-5-2-6-19-41)38-29-33-43(34-30-38)59(53-26-14-28-55-58(53)50-23-11-12-27-54(50)60-55)52-25-13-24-45-44-20-8-7-15-39(44)31-36-48(45)52/h1-37H. The number of anilines is 3. The summed E-state index contributed by atoms with van der Waals surface area (Å²) < 4.78 is 2.59. The van der Waals surface area contributed by atoms with Gasteiger partial charge in [0.15, 0.2) is 0 Å². The van der Waals surface area contributed by atoms with E-state index in [9.17, 15) is 0 Å². The molecule has 0 bridgehead atoms. The number of nitrogens with zero attached hydrogens (tertiary/aromatic N) is 1. The minimum atomic E-state index is 1.12. The van der Waals surface area contributed by atoms with Gasteiger partial charge in [0.05, 0.1) is 11.4 Å². The monoisotopic (exact) mass is 779 g/mol. The van der Waals surface area contributed by atoms with E-state index in [0.29, 0.717) is 0 Å². The van der Waals surface area contributed by atoms with E-state index in [1.165, 1.54) is 102 Å². The summed E-state index contributed by atoms with van der Waals surface area (Å²) in [6, 6.07) is 82.5. The Bertz CT molecular complexity index is 3590. The summed E-state index contributed by atoms with van der Waals surface area (Å²) >= 11 is 1.86. The third-order valence-corrected chi connectivity index (χ3v) is 13.4. The van der Waals surface area contributed by atoms with Crippen molar-refractivity contribution in [3.05, 3.63) is 224 Å². The lowest BCUT2D eigenvalue weighted by molar-refractivity contribution is 1.32. The molecule has 1 nitrogen and oxygen atoms in total. The Kier molecular flexibility index (Phi) is 8.11. The summed E-state index contributed by atoms with van der Waals surface area (Å²) in [7, 11) is 0. The lowest BCUT2D eigenvalue weighted by atomic mass is 9.84. The van der Waals surface area contributed by atoms with Crippen LogP contribution in [-0.2, 0) is 0 Å². The van der Waals surface area contributed by atoms with Crippen LogP contribution in [-0.4, -0.2) is 0 Å². The van der Waals surface area contributed by atoms with Crippen LogP contribution in [0.5, 0.6) is 0 Å². The van der Waals surface area contributed by atoms with E-state index in [4.69, 9.17) is 0 Å². The van der Waals surface area contributed by atoms with Crippen molar-refractivity contribution in [2.75, 3.05) is 4.90 Å². The second-order valence-corrected chi connectivity index (χ2v) is 16.7. The summed E-state index contributed by atoms with van der Waals surface area (Å²) in [6.45, 7) is 0. The second-order valence-electron chi connectivity index (χ2n) is 15.6.